The molecule has 2 aliphatic rings. The molecule has 1 fully saturated rings. The van der Waals surface area contributed by atoms with Gasteiger partial charge in [0.2, 0.25) is 5.91 Å². The third-order valence-corrected chi connectivity index (χ3v) is 7.52. The number of carbonyl (C=O) groups is 1. The molecule has 0 radical (unpaired) electrons. The third-order valence-electron chi connectivity index (χ3n) is 5.94. The van der Waals surface area contributed by atoms with Crippen LogP contribution in [-0.2, 0) is 14.6 Å². The smallest absolute Gasteiger partial charge is 0.233 e. The van der Waals surface area contributed by atoms with Gasteiger partial charge in [-0.05, 0) is 30.0 Å². The van der Waals surface area contributed by atoms with E-state index in [0.717, 1.165) is 38.5 Å². The number of benzene rings is 1. The number of sulfone groups is 1. The van der Waals surface area contributed by atoms with E-state index in [2.05, 4.69) is 25.6 Å². The summed E-state index contributed by atoms with van der Waals surface area (Å²) in [7, 11) is -3.44. The number of halogens is 1. The van der Waals surface area contributed by atoms with E-state index in [-0.39, 0.29) is 15.8 Å². The van der Waals surface area contributed by atoms with Crippen LogP contribution >= 0.6 is 11.6 Å². The van der Waals surface area contributed by atoms with Crippen LogP contribution in [0.4, 0.5) is 5.82 Å². The monoisotopic (exact) mass is 475 g/mol. The first-order valence-corrected chi connectivity index (χ1v) is 13.0. The molecule has 1 aromatic carbocycles. The van der Waals surface area contributed by atoms with Gasteiger partial charge in [-0.25, -0.2) is 18.4 Å². The van der Waals surface area contributed by atoms with Crippen LogP contribution in [0.3, 0.4) is 0 Å². The van der Waals surface area contributed by atoms with Crippen molar-refractivity contribution >= 4 is 39.0 Å². The number of aliphatic imine (C=N–C) groups is 1. The predicted molar refractivity (Wildman–Crippen MR) is 124 cm³/mol. The molecular formula is C22H26ClN5O3S. The molecule has 0 saturated heterocycles. The van der Waals surface area contributed by atoms with E-state index in [1.807, 2.05) is 0 Å². The molecule has 2 N–H and O–H groups in total. The molecule has 0 unspecified atom stereocenters. The Morgan fingerprint density at radius 3 is 2.62 bits per heavy atom. The lowest BCUT2D eigenvalue weighted by Crippen LogP contribution is -2.24. The Bertz CT molecular complexity index is 1130. The summed E-state index contributed by atoms with van der Waals surface area (Å²) >= 11 is 6.27. The van der Waals surface area contributed by atoms with Gasteiger partial charge in [0.05, 0.1) is 34.8 Å². The van der Waals surface area contributed by atoms with Crippen LogP contribution < -0.4 is 10.6 Å². The summed E-state index contributed by atoms with van der Waals surface area (Å²) < 4.78 is 23.8. The second-order valence-corrected chi connectivity index (χ2v) is 10.7. The molecule has 0 bridgehead atoms. The lowest BCUT2D eigenvalue weighted by atomic mass is 9.87. The van der Waals surface area contributed by atoms with Crippen LogP contribution in [0.2, 0.25) is 5.02 Å². The van der Waals surface area contributed by atoms with Gasteiger partial charge in [0, 0.05) is 12.8 Å². The van der Waals surface area contributed by atoms with Crippen LogP contribution in [0.5, 0.6) is 0 Å². The van der Waals surface area contributed by atoms with Gasteiger partial charge in [-0.2, -0.15) is 0 Å². The van der Waals surface area contributed by atoms with Crippen molar-refractivity contribution in [2.45, 2.75) is 42.9 Å². The number of rotatable bonds is 7. The predicted octanol–water partition coefficient (Wildman–Crippen LogP) is 3.19. The van der Waals surface area contributed by atoms with Crippen molar-refractivity contribution in [1.82, 2.24) is 15.3 Å². The molecule has 1 aromatic heterocycles. The third kappa shape index (κ3) is 5.27. The number of nitrogens with one attached hydrogen (secondary N) is 2. The SMILES string of the molecule is CS(=O)(=O)c1ccc([C@@H](CC2CCCC2)C(=O)Nc2cnc(C3=NCCN3)cn2)cc1Cl. The number of amides is 1. The summed E-state index contributed by atoms with van der Waals surface area (Å²) in [6.07, 6.45) is 9.39. The van der Waals surface area contributed by atoms with Crippen LogP contribution in [-0.4, -0.2) is 49.5 Å². The van der Waals surface area contributed by atoms with Crippen molar-refractivity contribution in [3.8, 4) is 0 Å². The Morgan fingerprint density at radius 2 is 2.03 bits per heavy atom. The van der Waals surface area contributed by atoms with Gasteiger partial charge in [-0.1, -0.05) is 43.4 Å². The van der Waals surface area contributed by atoms with Crippen molar-refractivity contribution in [2.24, 2.45) is 10.9 Å². The Hall–Kier alpha value is -2.52. The van der Waals surface area contributed by atoms with E-state index < -0.39 is 15.8 Å². The highest BCUT2D eigenvalue weighted by Crippen LogP contribution is 2.36. The maximum Gasteiger partial charge on any atom is 0.233 e. The molecule has 1 aliphatic heterocycles. The van der Waals surface area contributed by atoms with Crippen molar-refractivity contribution in [3.63, 3.8) is 0 Å². The van der Waals surface area contributed by atoms with E-state index in [4.69, 9.17) is 11.6 Å². The van der Waals surface area contributed by atoms with Crippen molar-refractivity contribution in [2.75, 3.05) is 24.7 Å². The van der Waals surface area contributed by atoms with Crippen LogP contribution in [0.15, 0.2) is 40.5 Å². The highest BCUT2D eigenvalue weighted by molar-refractivity contribution is 7.90. The van der Waals surface area contributed by atoms with E-state index in [1.165, 1.54) is 12.3 Å². The zero-order valence-electron chi connectivity index (χ0n) is 17.8. The van der Waals surface area contributed by atoms with E-state index in [0.29, 0.717) is 41.8 Å². The van der Waals surface area contributed by atoms with Crippen molar-refractivity contribution in [1.29, 1.82) is 0 Å². The Labute approximate surface area is 192 Å². The van der Waals surface area contributed by atoms with E-state index >= 15 is 0 Å². The maximum atomic E-state index is 13.3. The van der Waals surface area contributed by atoms with Crippen LogP contribution in [0, 0.1) is 5.92 Å². The van der Waals surface area contributed by atoms with Gasteiger partial charge < -0.3 is 10.6 Å². The first kappa shape index (κ1) is 22.7. The fraction of sp³-hybridized carbons (Fsp3) is 0.455. The van der Waals surface area contributed by atoms with Gasteiger partial charge >= 0.3 is 0 Å². The molecular weight excluding hydrogens is 450 g/mol. The molecule has 0 spiro atoms. The fourth-order valence-electron chi connectivity index (χ4n) is 4.31. The van der Waals surface area contributed by atoms with E-state index in [1.54, 1.807) is 18.3 Å². The summed E-state index contributed by atoms with van der Waals surface area (Å²) in [5.41, 5.74) is 1.33. The Balaban J connectivity index is 1.55. The number of carbonyl (C=O) groups excluding carboxylic acids is 1. The number of hydrogen-bond donors (Lipinski definition) is 2. The number of amidine groups is 1. The first-order valence-electron chi connectivity index (χ1n) is 10.7. The standard InChI is InChI=1S/C22H26ClN5O3S/c1-32(30,31)19-7-6-15(11-17(19)23)16(10-14-4-2-3-5-14)22(29)28-20-13-26-18(12-27-20)21-24-8-9-25-21/h6-7,11-14,16H,2-5,8-10H2,1H3,(H,24,25)(H,27,28,29)/t16-/m1/s1. The quantitative estimate of drug-likeness (QED) is 0.635. The fourth-order valence-corrected chi connectivity index (χ4v) is 5.64. The van der Waals surface area contributed by atoms with Gasteiger partial charge in [0.25, 0.3) is 0 Å². The van der Waals surface area contributed by atoms with Crippen molar-refractivity contribution in [3.05, 3.63) is 46.9 Å². The topological polar surface area (TPSA) is 113 Å². The minimum atomic E-state index is -3.44. The molecule has 8 nitrogen and oxygen atoms in total. The lowest BCUT2D eigenvalue weighted by molar-refractivity contribution is -0.118. The molecule has 2 aromatic rings. The molecule has 1 amide bonds. The van der Waals surface area contributed by atoms with E-state index in [9.17, 15) is 13.2 Å². The highest BCUT2D eigenvalue weighted by Gasteiger charge is 2.28. The summed E-state index contributed by atoms with van der Waals surface area (Å²) in [5, 5.41) is 6.13. The average Bonchev–Trinajstić information content (AvgIpc) is 3.46. The minimum Gasteiger partial charge on any atom is -0.367 e. The molecule has 170 valence electrons. The van der Waals surface area contributed by atoms with Gasteiger partial charge in [-0.3, -0.25) is 9.79 Å². The second-order valence-electron chi connectivity index (χ2n) is 8.33. The first-order chi connectivity index (χ1) is 15.3. The maximum absolute atomic E-state index is 13.3. The molecule has 32 heavy (non-hydrogen) atoms. The number of hydrogen-bond acceptors (Lipinski definition) is 7. The van der Waals surface area contributed by atoms with Crippen molar-refractivity contribution < 1.29 is 13.2 Å². The largest absolute Gasteiger partial charge is 0.367 e. The van der Waals surface area contributed by atoms with Gasteiger partial charge in [-0.15, -0.1) is 0 Å². The normalized spacial score (nSPS) is 17.6. The molecule has 1 atom stereocenters. The van der Waals surface area contributed by atoms with Gasteiger partial charge in [0.1, 0.15) is 11.5 Å². The molecule has 2 heterocycles. The number of anilines is 1. The number of nitrogens with zero attached hydrogens (tertiary/aromatic N) is 3. The van der Waals surface area contributed by atoms with Gasteiger partial charge in [0.15, 0.2) is 15.7 Å². The molecule has 10 heteroatoms. The number of aromatic nitrogens is 2. The van der Waals surface area contributed by atoms with Crippen LogP contribution in [0.1, 0.15) is 49.3 Å². The van der Waals surface area contributed by atoms with Crippen LogP contribution in [0.25, 0.3) is 0 Å². The zero-order chi connectivity index (χ0) is 22.7. The average molecular weight is 476 g/mol. The summed E-state index contributed by atoms with van der Waals surface area (Å²) in [5.74, 6) is 0.826. The molecule has 4 rings (SSSR count). The molecule has 1 saturated carbocycles. The summed E-state index contributed by atoms with van der Waals surface area (Å²) in [6.45, 7) is 1.48. The Morgan fingerprint density at radius 1 is 1.25 bits per heavy atom. The lowest BCUT2D eigenvalue weighted by Gasteiger charge is -2.21. The minimum absolute atomic E-state index is 0.0628. The molecule has 1 aliphatic carbocycles. The summed E-state index contributed by atoms with van der Waals surface area (Å²) in [6, 6.07) is 4.75. The second kappa shape index (κ2) is 9.54. The Kier molecular flexibility index (Phi) is 6.76. The zero-order valence-corrected chi connectivity index (χ0v) is 19.4. The highest BCUT2D eigenvalue weighted by atomic mass is 35.5. The summed E-state index contributed by atoms with van der Waals surface area (Å²) in [4.78, 5) is 26.3.